The van der Waals surface area contributed by atoms with Gasteiger partial charge in [0.15, 0.2) is 0 Å². The topological polar surface area (TPSA) is 98.1 Å². The molecule has 35 heavy (non-hydrogen) atoms. The molecule has 1 unspecified atom stereocenters. The highest BCUT2D eigenvalue weighted by Crippen LogP contribution is 2.37. The standard InChI is InChI=1S/C26H21Br2N3O3S/c1-26(2,3)34-25(33)21-20(15-6-10-17(28)11-7-15)18(13-29)24-31(22(21)30)23(32)19(35-24)12-14-4-8-16(27)9-5-14/h4-12,20H,30H2,1-3H3. The highest BCUT2D eigenvalue weighted by atomic mass is 79.9. The molecule has 1 aromatic heterocycles. The summed E-state index contributed by atoms with van der Waals surface area (Å²) in [6, 6.07) is 17.0. The van der Waals surface area contributed by atoms with Crippen molar-refractivity contribution in [1.82, 2.24) is 4.57 Å². The van der Waals surface area contributed by atoms with Crippen LogP contribution in [0.5, 0.6) is 0 Å². The number of rotatable bonds is 3. The molecule has 0 amide bonds. The second kappa shape index (κ2) is 9.61. The van der Waals surface area contributed by atoms with Crippen molar-refractivity contribution in [2.75, 3.05) is 0 Å². The summed E-state index contributed by atoms with van der Waals surface area (Å²) >= 11 is 8.00. The number of hydrogen-bond acceptors (Lipinski definition) is 6. The van der Waals surface area contributed by atoms with Crippen LogP contribution in [0.3, 0.4) is 0 Å². The Morgan fingerprint density at radius 1 is 1.11 bits per heavy atom. The number of aromatic nitrogens is 1. The first-order valence-electron chi connectivity index (χ1n) is 10.6. The van der Waals surface area contributed by atoms with E-state index < -0.39 is 23.0 Å². The number of halogens is 2. The Balaban J connectivity index is 2.04. The van der Waals surface area contributed by atoms with E-state index in [0.717, 1.165) is 14.5 Å². The van der Waals surface area contributed by atoms with Crippen LogP contribution >= 0.6 is 43.2 Å². The zero-order chi connectivity index (χ0) is 25.5. The quantitative estimate of drug-likeness (QED) is 0.446. The Hall–Kier alpha value is -2.93. The van der Waals surface area contributed by atoms with Gasteiger partial charge in [-0.05, 0) is 62.2 Å². The fourth-order valence-electron chi connectivity index (χ4n) is 3.78. The zero-order valence-corrected chi connectivity index (χ0v) is 23.1. The number of benzene rings is 2. The summed E-state index contributed by atoms with van der Waals surface area (Å²) in [6.07, 6.45) is 1.74. The van der Waals surface area contributed by atoms with Crippen molar-refractivity contribution in [3.05, 3.63) is 93.7 Å². The molecule has 2 aromatic carbocycles. The molecular weight excluding hydrogens is 594 g/mol. The van der Waals surface area contributed by atoms with Crippen LogP contribution < -0.4 is 20.5 Å². The van der Waals surface area contributed by atoms with Crippen LogP contribution in [-0.2, 0) is 9.53 Å². The maximum absolute atomic E-state index is 13.4. The van der Waals surface area contributed by atoms with Crippen molar-refractivity contribution < 1.29 is 9.53 Å². The van der Waals surface area contributed by atoms with Crippen LogP contribution in [0, 0.1) is 11.3 Å². The van der Waals surface area contributed by atoms with Gasteiger partial charge in [-0.2, -0.15) is 5.26 Å². The molecule has 4 rings (SSSR count). The number of nitrogens with zero attached hydrogens (tertiary/aromatic N) is 2. The largest absolute Gasteiger partial charge is 0.456 e. The smallest absolute Gasteiger partial charge is 0.339 e. The molecule has 9 heteroatoms. The molecule has 0 radical (unpaired) electrons. The van der Waals surface area contributed by atoms with E-state index in [0.29, 0.717) is 14.8 Å². The molecule has 0 spiro atoms. The van der Waals surface area contributed by atoms with Crippen molar-refractivity contribution in [1.29, 1.82) is 5.26 Å². The maximum Gasteiger partial charge on any atom is 0.339 e. The normalized spacial score (nSPS) is 16.2. The lowest BCUT2D eigenvalue weighted by molar-refractivity contribution is -0.150. The van der Waals surface area contributed by atoms with Crippen molar-refractivity contribution >= 4 is 66.6 Å². The lowest BCUT2D eigenvalue weighted by Gasteiger charge is -2.28. The van der Waals surface area contributed by atoms with Crippen molar-refractivity contribution in [2.24, 2.45) is 5.73 Å². The third kappa shape index (κ3) is 5.06. The monoisotopic (exact) mass is 613 g/mol. The highest BCUT2D eigenvalue weighted by molar-refractivity contribution is 9.10. The van der Waals surface area contributed by atoms with Gasteiger partial charge in [0.1, 0.15) is 16.1 Å². The van der Waals surface area contributed by atoms with E-state index in [1.54, 1.807) is 26.8 Å². The molecule has 6 nitrogen and oxygen atoms in total. The Morgan fingerprint density at radius 2 is 1.69 bits per heavy atom. The van der Waals surface area contributed by atoms with E-state index in [-0.39, 0.29) is 17.0 Å². The Labute approximate surface area is 222 Å². The van der Waals surface area contributed by atoms with E-state index in [4.69, 9.17) is 10.5 Å². The average Bonchev–Trinajstić information content (AvgIpc) is 3.10. The van der Waals surface area contributed by atoms with Crippen LogP contribution in [0.15, 0.2) is 67.8 Å². The van der Waals surface area contributed by atoms with Crippen molar-refractivity contribution in [3.8, 4) is 6.07 Å². The summed E-state index contributed by atoms with van der Waals surface area (Å²) in [5.74, 6) is -1.47. The number of thiazole rings is 1. The van der Waals surface area contributed by atoms with Gasteiger partial charge in [-0.25, -0.2) is 4.79 Å². The number of nitrogens with two attached hydrogens (primary N) is 1. The van der Waals surface area contributed by atoms with Crippen LogP contribution in [0.1, 0.15) is 37.8 Å². The fourth-order valence-corrected chi connectivity index (χ4v) is 5.44. The molecule has 1 aliphatic rings. The first-order chi connectivity index (χ1) is 16.5. The average molecular weight is 615 g/mol. The van der Waals surface area contributed by atoms with Gasteiger partial charge >= 0.3 is 5.97 Å². The van der Waals surface area contributed by atoms with Gasteiger partial charge in [-0.3, -0.25) is 9.36 Å². The number of nitriles is 1. The Bertz CT molecular complexity index is 1570. The molecule has 0 bridgehead atoms. The van der Waals surface area contributed by atoms with Gasteiger partial charge in [0.25, 0.3) is 5.56 Å². The van der Waals surface area contributed by atoms with Gasteiger partial charge in [-0.1, -0.05) is 56.1 Å². The molecule has 178 valence electrons. The molecule has 1 atom stereocenters. The number of ether oxygens (including phenoxy) is 1. The lowest BCUT2D eigenvalue weighted by atomic mass is 9.84. The minimum absolute atomic E-state index is 0.0297. The summed E-state index contributed by atoms with van der Waals surface area (Å²) in [7, 11) is 0. The third-order valence-electron chi connectivity index (χ3n) is 5.26. The number of carbonyl (C=O) groups is 1. The van der Waals surface area contributed by atoms with Gasteiger partial charge in [-0.15, -0.1) is 11.3 Å². The number of carbonyl (C=O) groups excluding carboxylic acids is 1. The summed E-state index contributed by atoms with van der Waals surface area (Å²) in [5.41, 5.74) is 7.17. The molecule has 3 aromatic rings. The summed E-state index contributed by atoms with van der Waals surface area (Å²) in [6.45, 7) is 5.25. The van der Waals surface area contributed by atoms with E-state index in [2.05, 4.69) is 37.9 Å². The summed E-state index contributed by atoms with van der Waals surface area (Å²) < 4.78 is 9.48. The molecule has 1 aliphatic heterocycles. The lowest BCUT2D eigenvalue weighted by Crippen LogP contribution is -2.41. The summed E-state index contributed by atoms with van der Waals surface area (Å²) in [5, 5.41) is 10.2. The van der Waals surface area contributed by atoms with Gasteiger partial charge in [0.2, 0.25) is 0 Å². The van der Waals surface area contributed by atoms with E-state index in [1.165, 1.54) is 15.9 Å². The molecular formula is C26H21Br2N3O3S. The second-order valence-corrected chi connectivity index (χ2v) is 11.8. The number of esters is 1. The van der Waals surface area contributed by atoms with Gasteiger partial charge < -0.3 is 10.5 Å². The van der Waals surface area contributed by atoms with Gasteiger partial charge in [0.05, 0.1) is 27.7 Å². The maximum atomic E-state index is 13.4. The van der Waals surface area contributed by atoms with Crippen LogP contribution in [-0.4, -0.2) is 16.1 Å². The highest BCUT2D eigenvalue weighted by Gasteiger charge is 2.37. The van der Waals surface area contributed by atoms with Gasteiger partial charge in [0, 0.05) is 8.95 Å². The molecule has 0 saturated carbocycles. The molecule has 0 saturated heterocycles. The first-order valence-corrected chi connectivity index (χ1v) is 13.0. The number of hydrogen-bond donors (Lipinski definition) is 1. The zero-order valence-electron chi connectivity index (χ0n) is 19.1. The minimum atomic E-state index is -0.790. The summed E-state index contributed by atoms with van der Waals surface area (Å²) in [4.78, 5) is 26.8. The minimum Gasteiger partial charge on any atom is -0.456 e. The fraction of sp³-hybridized carbons (Fsp3) is 0.192. The van der Waals surface area contributed by atoms with Crippen LogP contribution in [0.4, 0.5) is 0 Å². The molecule has 0 fully saturated rings. The van der Waals surface area contributed by atoms with Crippen molar-refractivity contribution in [2.45, 2.75) is 32.3 Å². The van der Waals surface area contributed by atoms with E-state index >= 15 is 0 Å². The predicted molar refractivity (Wildman–Crippen MR) is 145 cm³/mol. The SMILES string of the molecule is CC(C)(C)OC(=O)C1=C(N)n2c(sc(=Cc3ccc(Br)cc3)c2=O)=C(C#N)C1c1ccc(Br)cc1. The molecule has 2 heterocycles. The second-order valence-electron chi connectivity index (χ2n) is 8.92. The predicted octanol–water partition coefficient (Wildman–Crippen LogP) is 4.20. The Morgan fingerprint density at radius 3 is 2.23 bits per heavy atom. The van der Waals surface area contributed by atoms with Crippen LogP contribution in [0.2, 0.25) is 0 Å². The van der Waals surface area contributed by atoms with Crippen LogP contribution in [0.25, 0.3) is 17.5 Å². The molecule has 0 aliphatic carbocycles. The van der Waals surface area contributed by atoms with E-state index in [1.807, 2.05) is 48.5 Å². The first kappa shape index (κ1) is 25.2. The Kier molecular flexibility index (Phi) is 6.91. The number of fused-ring (bicyclic) bond motifs is 1. The third-order valence-corrected chi connectivity index (χ3v) is 7.42. The van der Waals surface area contributed by atoms with E-state index in [9.17, 15) is 14.9 Å². The molecule has 2 N–H and O–H groups in total. The van der Waals surface area contributed by atoms with Crippen molar-refractivity contribution in [3.63, 3.8) is 0 Å².